The SMILES string of the molecule is CC.Cc1c(C#N)c(-c2ccc(-c3cccc(NC(=O)C(C)C)c3)cc2)c(C(=O)O)n1C. The second-order valence-corrected chi connectivity index (χ2v) is 7.46. The molecule has 0 radical (unpaired) electrons. The molecule has 3 rings (SSSR count). The summed E-state index contributed by atoms with van der Waals surface area (Å²) in [5.41, 5.74) is 4.72. The number of nitrogens with zero attached hydrogens (tertiary/aromatic N) is 2. The number of aromatic carboxylic acids is 1. The zero-order valence-corrected chi connectivity index (χ0v) is 19.4. The number of nitriles is 1. The highest BCUT2D eigenvalue weighted by Gasteiger charge is 2.24. The summed E-state index contributed by atoms with van der Waals surface area (Å²) in [7, 11) is 1.65. The summed E-state index contributed by atoms with van der Waals surface area (Å²) >= 11 is 0. The van der Waals surface area contributed by atoms with Crippen molar-refractivity contribution in [3.8, 4) is 28.3 Å². The molecule has 0 aliphatic carbocycles. The highest BCUT2D eigenvalue weighted by atomic mass is 16.4. The lowest BCUT2D eigenvalue weighted by Gasteiger charge is -2.10. The normalized spacial score (nSPS) is 10.2. The third-order valence-corrected chi connectivity index (χ3v) is 5.16. The van der Waals surface area contributed by atoms with Crippen LogP contribution in [0.4, 0.5) is 5.69 Å². The lowest BCUT2D eigenvalue weighted by molar-refractivity contribution is -0.118. The van der Waals surface area contributed by atoms with Gasteiger partial charge >= 0.3 is 5.97 Å². The molecule has 166 valence electrons. The number of rotatable bonds is 5. The number of carboxylic acid groups (broad SMARTS) is 1. The van der Waals surface area contributed by atoms with Crippen LogP contribution < -0.4 is 5.32 Å². The van der Waals surface area contributed by atoms with Crippen LogP contribution in [0.15, 0.2) is 48.5 Å². The molecule has 0 aliphatic rings. The fraction of sp³-hybridized carbons (Fsp3) is 0.269. The van der Waals surface area contributed by atoms with Crippen molar-refractivity contribution in [3.05, 3.63) is 65.5 Å². The van der Waals surface area contributed by atoms with Gasteiger partial charge in [-0.1, -0.05) is 64.1 Å². The first kappa shape index (κ1) is 24.4. The third kappa shape index (κ3) is 4.89. The molecule has 6 heteroatoms. The van der Waals surface area contributed by atoms with E-state index in [1.54, 1.807) is 14.0 Å². The second-order valence-electron chi connectivity index (χ2n) is 7.46. The molecule has 2 N–H and O–H groups in total. The Balaban J connectivity index is 0.00000176. The third-order valence-electron chi connectivity index (χ3n) is 5.16. The van der Waals surface area contributed by atoms with Gasteiger partial charge in [-0.25, -0.2) is 4.79 Å². The van der Waals surface area contributed by atoms with Crippen LogP contribution in [0, 0.1) is 24.2 Å². The van der Waals surface area contributed by atoms with E-state index in [2.05, 4.69) is 11.4 Å². The van der Waals surface area contributed by atoms with Crippen molar-refractivity contribution in [2.24, 2.45) is 13.0 Å². The number of carbonyl (C=O) groups excluding carboxylic acids is 1. The molecule has 32 heavy (non-hydrogen) atoms. The van der Waals surface area contributed by atoms with Gasteiger partial charge in [0.1, 0.15) is 11.8 Å². The molecule has 1 aromatic heterocycles. The Morgan fingerprint density at radius 3 is 2.16 bits per heavy atom. The zero-order valence-electron chi connectivity index (χ0n) is 19.4. The van der Waals surface area contributed by atoms with E-state index >= 15 is 0 Å². The molecule has 0 saturated carbocycles. The van der Waals surface area contributed by atoms with Crippen LogP contribution in [0.25, 0.3) is 22.3 Å². The lowest BCUT2D eigenvalue weighted by atomic mass is 9.97. The van der Waals surface area contributed by atoms with E-state index in [1.807, 2.05) is 76.2 Å². The maximum Gasteiger partial charge on any atom is 0.353 e. The molecule has 0 fully saturated rings. The Morgan fingerprint density at radius 1 is 1.03 bits per heavy atom. The van der Waals surface area contributed by atoms with Crippen LogP contribution in [-0.4, -0.2) is 21.6 Å². The number of nitrogens with one attached hydrogen (secondary N) is 1. The maximum atomic E-state index is 12.0. The largest absolute Gasteiger partial charge is 0.477 e. The molecule has 0 atom stereocenters. The molecule has 0 unspecified atom stereocenters. The van der Waals surface area contributed by atoms with Crippen LogP contribution >= 0.6 is 0 Å². The molecule has 1 heterocycles. The topological polar surface area (TPSA) is 95.1 Å². The fourth-order valence-corrected chi connectivity index (χ4v) is 3.36. The maximum absolute atomic E-state index is 12.0. The Morgan fingerprint density at radius 2 is 1.62 bits per heavy atom. The number of aromatic nitrogens is 1. The van der Waals surface area contributed by atoms with Crippen molar-refractivity contribution in [3.63, 3.8) is 0 Å². The number of hydrogen-bond acceptors (Lipinski definition) is 3. The summed E-state index contributed by atoms with van der Waals surface area (Å²) in [4.78, 5) is 23.7. The Kier molecular flexibility index (Phi) is 7.97. The molecular weight excluding hydrogens is 402 g/mol. The first-order chi connectivity index (χ1) is 15.2. The molecule has 0 spiro atoms. The molecule has 2 aromatic carbocycles. The number of carbonyl (C=O) groups is 2. The summed E-state index contributed by atoms with van der Waals surface area (Å²) in [6.07, 6.45) is 0. The standard InChI is InChI=1S/C24H23N3O3.C2H6/c1-14(2)23(28)26-19-7-5-6-18(12-19)16-8-10-17(11-9-16)21-20(13-25)15(3)27(4)22(21)24(29)30;1-2/h5-12,14H,1-4H3,(H,26,28)(H,29,30);1-2H3. The molecule has 0 saturated heterocycles. The van der Waals surface area contributed by atoms with Crippen LogP contribution in [-0.2, 0) is 11.8 Å². The summed E-state index contributed by atoms with van der Waals surface area (Å²) in [6.45, 7) is 9.41. The average Bonchev–Trinajstić information content (AvgIpc) is 3.05. The molecule has 1 amide bonds. The highest BCUT2D eigenvalue weighted by molar-refractivity contribution is 5.97. The van der Waals surface area contributed by atoms with Gasteiger partial charge in [-0.2, -0.15) is 5.26 Å². The Hall–Kier alpha value is -3.85. The van der Waals surface area contributed by atoms with E-state index < -0.39 is 5.97 Å². The van der Waals surface area contributed by atoms with Gasteiger partial charge in [0, 0.05) is 29.9 Å². The van der Waals surface area contributed by atoms with E-state index in [1.165, 1.54) is 4.57 Å². The molecular formula is C26H29N3O3. The molecule has 6 nitrogen and oxygen atoms in total. The monoisotopic (exact) mass is 431 g/mol. The highest BCUT2D eigenvalue weighted by Crippen LogP contribution is 2.33. The number of carboxylic acids is 1. The van der Waals surface area contributed by atoms with Crippen molar-refractivity contribution in [2.75, 3.05) is 5.32 Å². The van der Waals surface area contributed by atoms with E-state index in [0.29, 0.717) is 28.1 Å². The van der Waals surface area contributed by atoms with Gasteiger partial charge in [0.15, 0.2) is 0 Å². The van der Waals surface area contributed by atoms with E-state index in [9.17, 15) is 20.0 Å². The van der Waals surface area contributed by atoms with Crippen LogP contribution in [0.5, 0.6) is 0 Å². The van der Waals surface area contributed by atoms with Crippen LogP contribution in [0.1, 0.15) is 49.4 Å². The predicted octanol–water partition coefficient (Wildman–Crippen LogP) is 5.86. The van der Waals surface area contributed by atoms with Crippen molar-refractivity contribution in [1.29, 1.82) is 5.26 Å². The summed E-state index contributed by atoms with van der Waals surface area (Å²) in [6, 6.07) is 17.1. The minimum absolute atomic E-state index is 0.0489. The first-order valence-corrected chi connectivity index (χ1v) is 10.6. The Bertz CT molecular complexity index is 1170. The fourth-order valence-electron chi connectivity index (χ4n) is 3.36. The number of hydrogen-bond donors (Lipinski definition) is 2. The van der Waals surface area contributed by atoms with Gasteiger partial charge in [-0.05, 0) is 35.7 Å². The van der Waals surface area contributed by atoms with Gasteiger partial charge in [0.05, 0.1) is 5.56 Å². The molecule has 0 bridgehead atoms. The molecule has 3 aromatic rings. The van der Waals surface area contributed by atoms with Crippen molar-refractivity contribution < 1.29 is 14.7 Å². The number of amides is 1. The average molecular weight is 432 g/mol. The minimum Gasteiger partial charge on any atom is -0.477 e. The van der Waals surface area contributed by atoms with Crippen LogP contribution in [0.2, 0.25) is 0 Å². The minimum atomic E-state index is -1.07. The number of benzene rings is 2. The van der Waals surface area contributed by atoms with Crippen molar-refractivity contribution in [2.45, 2.75) is 34.6 Å². The van der Waals surface area contributed by atoms with E-state index in [0.717, 1.165) is 11.1 Å². The van der Waals surface area contributed by atoms with Gasteiger partial charge < -0.3 is 15.0 Å². The molecule has 0 aliphatic heterocycles. The Labute approximate surface area is 189 Å². The van der Waals surface area contributed by atoms with Crippen molar-refractivity contribution >= 4 is 17.6 Å². The van der Waals surface area contributed by atoms with Gasteiger partial charge in [-0.3, -0.25) is 4.79 Å². The van der Waals surface area contributed by atoms with E-state index in [4.69, 9.17) is 0 Å². The first-order valence-electron chi connectivity index (χ1n) is 10.6. The summed E-state index contributed by atoms with van der Waals surface area (Å²) in [5.74, 6) is -1.23. The van der Waals surface area contributed by atoms with E-state index in [-0.39, 0.29) is 17.5 Å². The number of anilines is 1. The lowest BCUT2D eigenvalue weighted by Crippen LogP contribution is -2.17. The van der Waals surface area contributed by atoms with Gasteiger partial charge in [0.2, 0.25) is 5.91 Å². The van der Waals surface area contributed by atoms with Crippen LogP contribution in [0.3, 0.4) is 0 Å². The summed E-state index contributed by atoms with van der Waals surface area (Å²) < 4.78 is 1.53. The summed E-state index contributed by atoms with van der Waals surface area (Å²) in [5, 5.41) is 22.1. The van der Waals surface area contributed by atoms with Gasteiger partial charge in [0.25, 0.3) is 0 Å². The second kappa shape index (κ2) is 10.5. The quantitative estimate of drug-likeness (QED) is 0.529. The zero-order chi connectivity index (χ0) is 24.0. The smallest absolute Gasteiger partial charge is 0.353 e. The van der Waals surface area contributed by atoms with Gasteiger partial charge in [-0.15, -0.1) is 0 Å². The van der Waals surface area contributed by atoms with Crippen molar-refractivity contribution in [1.82, 2.24) is 4.57 Å². The predicted molar refractivity (Wildman–Crippen MR) is 128 cm³/mol.